The number of hydrogen-bond acceptors (Lipinski definition) is 5. The molecule has 1 aromatic rings. The van der Waals surface area contributed by atoms with Crippen molar-refractivity contribution >= 4 is 11.7 Å². The van der Waals surface area contributed by atoms with Crippen molar-refractivity contribution in [2.24, 2.45) is 5.41 Å². The molecule has 0 heterocycles. The van der Waals surface area contributed by atoms with Gasteiger partial charge in [-0.2, -0.15) is 0 Å². The molecular weight excluding hydrogens is 260 g/mol. The monoisotopic (exact) mass is 278 g/mol. The molecule has 1 aliphatic carbocycles. The van der Waals surface area contributed by atoms with Gasteiger partial charge in [0.05, 0.1) is 16.4 Å². The largest absolute Gasteiger partial charge is 0.370 e. The minimum Gasteiger partial charge on any atom is -0.370 e. The van der Waals surface area contributed by atoms with E-state index in [9.17, 15) is 14.9 Å². The zero-order chi connectivity index (χ0) is 14.9. The van der Waals surface area contributed by atoms with Crippen molar-refractivity contribution in [3.63, 3.8) is 0 Å². The topological polar surface area (TPSA) is 81.5 Å². The maximum Gasteiger partial charge on any atom is 0.329 e. The van der Waals surface area contributed by atoms with E-state index in [1.165, 1.54) is 12.1 Å². The average molecular weight is 278 g/mol. The molecule has 2 atom stereocenters. The van der Waals surface area contributed by atoms with Crippen LogP contribution in [-0.2, 0) is 9.63 Å². The highest BCUT2D eigenvalue weighted by Crippen LogP contribution is 2.41. The van der Waals surface area contributed by atoms with E-state index in [0.29, 0.717) is 0 Å². The van der Waals surface area contributed by atoms with Crippen LogP contribution in [0.5, 0.6) is 0 Å². The quantitative estimate of drug-likeness (QED) is 0.676. The molecule has 1 aromatic carbocycles. The molecule has 0 spiro atoms. The summed E-state index contributed by atoms with van der Waals surface area (Å²) >= 11 is 0. The van der Waals surface area contributed by atoms with Crippen LogP contribution in [0.15, 0.2) is 24.3 Å². The number of nitro groups is 1. The molecule has 1 aliphatic rings. The fourth-order valence-electron chi connectivity index (χ4n) is 1.82. The molecule has 0 bridgehead atoms. The lowest BCUT2D eigenvalue weighted by Crippen LogP contribution is -2.31. The van der Waals surface area contributed by atoms with Crippen molar-refractivity contribution in [2.75, 3.05) is 0 Å². The Kier molecular flexibility index (Phi) is 3.76. The highest BCUT2D eigenvalue weighted by molar-refractivity contribution is 5.75. The Hall–Kier alpha value is -1.95. The number of nitro benzene ring substituents is 1. The second kappa shape index (κ2) is 5.20. The molecule has 6 heteroatoms. The van der Waals surface area contributed by atoms with Crippen LogP contribution in [0.1, 0.15) is 38.7 Å². The fraction of sp³-hybridized carbons (Fsp3) is 0.500. The van der Waals surface area contributed by atoms with Gasteiger partial charge in [-0.1, -0.05) is 12.1 Å². The smallest absolute Gasteiger partial charge is 0.329 e. The van der Waals surface area contributed by atoms with E-state index in [1.54, 1.807) is 32.9 Å². The van der Waals surface area contributed by atoms with Gasteiger partial charge in [-0.3, -0.25) is 10.1 Å². The summed E-state index contributed by atoms with van der Waals surface area (Å²) in [5.74, 6) is -0.0598. The first-order valence-corrected chi connectivity index (χ1v) is 6.50. The molecule has 0 saturated heterocycles. The molecular formula is C14H18N2O4. The number of hydrogen-bond donors (Lipinski definition) is 1. The van der Waals surface area contributed by atoms with E-state index < -0.39 is 10.3 Å². The van der Waals surface area contributed by atoms with Crippen LogP contribution < -0.4 is 5.48 Å². The lowest BCUT2D eigenvalue weighted by molar-refractivity contribution is -0.384. The van der Waals surface area contributed by atoms with E-state index in [-0.39, 0.29) is 23.6 Å². The van der Waals surface area contributed by atoms with Crippen LogP contribution in [0.2, 0.25) is 0 Å². The number of rotatable bonds is 4. The third kappa shape index (κ3) is 3.33. The maximum absolute atomic E-state index is 11.6. The standard InChI is InChI=1S/C14H18N2O4/c1-14(2,3)13(17)20-15-12-8-11(12)9-4-6-10(7-5-9)16(18)19/h4-7,11-12,15H,8H2,1-3H3. The molecule has 2 unspecified atom stereocenters. The normalized spacial score (nSPS) is 21.4. The zero-order valence-corrected chi connectivity index (χ0v) is 11.8. The van der Waals surface area contributed by atoms with Crippen LogP contribution >= 0.6 is 0 Å². The third-order valence-electron chi connectivity index (χ3n) is 3.24. The molecule has 1 N–H and O–H groups in total. The first kappa shape index (κ1) is 14.5. The summed E-state index contributed by atoms with van der Waals surface area (Å²) in [4.78, 5) is 26.8. The van der Waals surface area contributed by atoms with Gasteiger partial charge in [0, 0.05) is 18.1 Å². The number of nitrogens with one attached hydrogen (secondary N) is 1. The number of carbonyl (C=O) groups excluding carboxylic acids is 1. The average Bonchev–Trinajstić information content (AvgIpc) is 3.14. The summed E-state index contributed by atoms with van der Waals surface area (Å²) in [6.07, 6.45) is 0.856. The SMILES string of the molecule is CC(C)(C)C(=O)ONC1CC1c1ccc([N+](=O)[O-])cc1. The summed E-state index contributed by atoms with van der Waals surface area (Å²) in [5, 5.41) is 10.6. The first-order chi connectivity index (χ1) is 9.29. The Morgan fingerprint density at radius 2 is 1.95 bits per heavy atom. The summed E-state index contributed by atoms with van der Waals surface area (Å²) in [7, 11) is 0. The van der Waals surface area contributed by atoms with Gasteiger partial charge in [0.15, 0.2) is 0 Å². The molecule has 0 aromatic heterocycles. The van der Waals surface area contributed by atoms with E-state index >= 15 is 0 Å². The Balaban J connectivity index is 1.86. The molecule has 0 amide bonds. The molecule has 6 nitrogen and oxygen atoms in total. The number of nitrogens with zero attached hydrogens (tertiary/aromatic N) is 1. The lowest BCUT2D eigenvalue weighted by Gasteiger charge is -2.16. The molecule has 108 valence electrons. The van der Waals surface area contributed by atoms with Crippen molar-refractivity contribution in [2.45, 2.75) is 39.2 Å². The molecule has 2 rings (SSSR count). The van der Waals surface area contributed by atoms with Crippen molar-refractivity contribution in [1.29, 1.82) is 0 Å². The fourth-order valence-corrected chi connectivity index (χ4v) is 1.82. The van der Waals surface area contributed by atoms with Crippen LogP contribution in [0, 0.1) is 15.5 Å². The number of benzene rings is 1. The van der Waals surface area contributed by atoms with Crippen LogP contribution in [0.3, 0.4) is 0 Å². The van der Waals surface area contributed by atoms with Gasteiger partial charge in [0.25, 0.3) is 5.69 Å². The van der Waals surface area contributed by atoms with Crippen molar-refractivity contribution < 1.29 is 14.6 Å². The molecule has 20 heavy (non-hydrogen) atoms. The van der Waals surface area contributed by atoms with E-state index in [4.69, 9.17) is 4.84 Å². The van der Waals surface area contributed by atoms with Crippen molar-refractivity contribution in [3.8, 4) is 0 Å². The minimum atomic E-state index is -0.537. The van der Waals surface area contributed by atoms with Gasteiger partial charge in [-0.05, 0) is 32.8 Å². The molecule has 0 aliphatic heterocycles. The Morgan fingerprint density at radius 3 is 2.45 bits per heavy atom. The predicted molar refractivity (Wildman–Crippen MR) is 72.9 cm³/mol. The Bertz CT molecular complexity index is 519. The molecule has 1 saturated carbocycles. The van der Waals surface area contributed by atoms with E-state index in [0.717, 1.165) is 12.0 Å². The van der Waals surface area contributed by atoms with Gasteiger partial charge in [0.1, 0.15) is 0 Å². The van der Waals surface area contributed by atoms with Gasteiger partial charge in [0.2, 0.25) is 0 Å². The van der Waals surface area contributed by atoms with Crippen molar-refractivity contribution in [3.05, 3.63) is 39.9 Å². The van der Waals surface area contributed by atoms with Crippen molar-refractivity contribution in [1.82, 2.24) is 5.48 Å². The van der Waals surface area contributed by atoms with Crippen LogP contribution in [-0.4, -0.2) is 16.9 Å². The summed E-state index contributed by atoms with van der Waals surface area (Å²) < 4.78 is 0. The van der Waals surface area contributed by atoms with Gasteiger partial charge in [-0.15, -0.1) is 5.48 Å². The van der Waals surface area contributed by atoms with Gasteiger partial charge < -0.3 is 4.84 Å². The Labute approximate surface area is 117 Å². The van der Waals surface area contributed by atoms with Crippen LogP contribution in [0.4, 0.5) is 5.69 Å². The lowest BCUT2D eigenvalue weighted by atomic mass is 9.98. The zero-order valence-electron chi connectivity index (χ0n) is 11.8. The minimum absolute atomic E-state index is 0.0815. The number of non-ortho nitro benzene ring substituents is 1. The summed E-state index contributed by atoms with van der Waals surface area (Å²) in [5.41, 5.74) is 3.32. The van der Waals surface area contributed by atoms with Crippen LogP contribution in [0.25, 0.3) is 0 Å². The van der Waals surface area contributed by atoms with Gasteiger partial charge >= 0.3 is 5.97 Å². The molecule has 1 fully saturated rings. The summed E-state index contributed by atoms with van der Waals surface area (Å²) in [6, 6.07) is 6.56. The summed E-state index contributed by atoms with van der Waals surface area (Å²) in [6.45, 7) is 5.37. The Morgan fingerprint density at radius 1 is 1.35 bits per heavy atom. The molecule has 0 radical (unpaired) electrons. The number of hydroxylamine groups is 1. The predicted octanol–water partition coefficient (Wildman–Crippen LogP) is 2.54. The van der Waals surface area contributed by atoms with E-state index in [2.05, 4.69) is 5.48 Å². The maximum atomic E-state index is 11.6. The first-order valence-electron chi connectivity index (χ1n) is 6.50. The highest BCUT2D eigenvalue weighted by Gasteiger charge is 2.40. The second-order valence-electron chi connectivity index (χ2n) is 6.05. The van der Waals surface area contributed by atoms with Gasteiger partial charge in [-0.25, -0.2) is 4.79 Å². The highest BCUT2D eigenvalue weighted by atomic mass is 16.7. The van der Waals surface area contributed by atoms with E-state index in [1.807, 2.05) is 0 Å². The second-order valence-corrected chi connectivity index (χ2v) is 6.05. The number of carbonyl (C=O) groups is 1. The third-order valence-corrected chi connectivity index (χ3v) is 3.24.